The molecule has 0 fully saturated rings. The van der Waals surface area contributed by atoms with Gasteiger partial charge in [0.05, 0.1) is 0 Å². The average molecular weight is 452 g/mol. The van der Waals surface area contributed by atoms with Crippen molar-refractivity contribution < 1.29 is 9.47 Å². The summed E-state index contributed by atoms with van der Waals surface area (Å²) in [6.07, 6.45) is 0. The summed E-state index contributed by atoms with van der Waals surface area (Å²) in [5.41, 5.74) is 4.03. The first kappa shape index (κ1) is 22.9. The fourth-order valence-electron chi connectivity index (χ4n) is 3.50. The molecule has 0 aliphatic rings. The summed E-state index contributed by atoms with van der Waals surface area (Å²) < 4.78 is 11.8. The Morgan fingerprint density at radius 2 is 1.12 bits per heavy atom. The molecule has 172 valence electrons. The van der Waals surface area contributed by atoms with Gasteiger partial charge in [-0.25, -0.2) is 0 Å². The predicted molar refractivity (Wildman–Crippen MR) is 139 cm³/mol. The van der Waals surface area contributed by atoms with Crippen molar-refractivity contribution >= 4 is 17.3 Å². The topological polar surface area (TPSA) is 48.8 Å². The molecule has 34 heavy (non-hydrogen) atoms. The number of guanidine groups is 1. The van der Waals surface area contributed by atoms with Crippen LogP contribution in [0.4, 0.5) is 11.4 Å². The molecule has 4 aromatic carbocycles. The van der Waals surface area contributed by atoms with E-state index in [1.54, 1.807) is 0 Å². The zero-order valence-corrected chi connectivity index (χ0v) is 19.5. The minimum Gasteiger partial charge on any atom is -0.489 e. The Hall–Kier alpha value is -4.25. The van der Waals surface area contributed by atoms with Crippen LogP contribution in [0.15, 0.2) is 109 Å². The molecule has 0 aromatic heterocycles. The lowest BCUT2D eigenvalue weighted by atomic mass is 10.2. The minimum atomic E-state index is 0.346. The van der Waals surface area contributed by atoms with Gasteiger partial charge in [0.2, 0.25) is 5.96 Å². The van der Waals surface area contributed by atoms with Crippen molar-refractivity contribution in [2.24, 2.45) is 0 Å². The van der Waals surface area contributed by atoms with Crippen LogP contribution < -0.4 is 19.3 Å². The molecule has 1 N–H and O–H groups in total. The molecular formula is C29H29N3O2. The maximum Gasteiger partial charge on any atom is 0.202 e. The molecule has 0 bridgehead atoms. The molecule has 0 aliphatic heterocycles. The van der Waals surface area contributed by atoms with Crippen LogP contribution in [0, 0.1) is 5.41 Å². The van der Waals surface area contributed by atoms with Gasteiger partial charge in [-0.15, -0.1) is 0 Å². The van der Waals surface area contributed by atoms with E-state index in [2.05, 4.69) is 0 Å². The number of ether oxygens (including phenoxy) is 2. The molecule has 0 amide bonds. The Labute approximate surface area is 201 Å². The monoisotopic (exact) mass is 451 g/mol. The third-order valence-electron chi connectivity index (χ3n) is 5.56. The van der Waals surface area contributed by atoms with E-state index in [0.29, 0.717) is 19.2 Å². The second kappa shape index (κ2) is 11.1. The number of anilines is 2. The Bertz CT molecular complexity index is 1200. The van der Waals surface area contributed by atoms with E-state index in [9.17, 15) is 0 Å². The second-order valence-corrected chi connectivity index (χ2v) is 7.98. The van der Waals surface area contributed by atoms with Crippen molar-refractivity contribution in [2.45, 2.75) is 13.2 Å². The van der Waals surface area contributed by atoms with Crippen LogP contribution >= 0.6 is 0 Å². The van der Waals surface area contributed by atoms with E-state index in [1.807, 2.05) is 133 Å². The lowest BCUT2D eigenvalue weighted by Crippen LogP contribution is -2.39. The average Bonchev–Trinajstić information content (AvgIpc) is 2.91. The van der Waals surface area contributed by atoms with Gasteiger partial charge in [0.15, 0.2) is 0 Å². The van der Waals surface area contributed by atoms with Crippen molar-refractivity contribution in [1.82, 2.24) is 0 Å². The summed E-state index contributed by atoms with van der Waals surface area (Å²) in [6.45, 7) is 1.03. The molecule has 0 atom stereocenters. The summed E-state index contributed by atoms with van der Waals surface area (Å²) in [5.74, 6) is 1.91. The van der Waals surface area contributed by atoms with Crippen molar-refractivity contribution in [1.29, 1.82) is 5.41 Å². The molecule has 5 heteroatoms. The predicted octanol–water partition coefficient (Wildman–Crippen LogP) is 6.35. The number of hydrogen-bond acceptors (Lipinski definition) is 3. The highest BCUT2D eigenvalue weighted by molar-refractivity contribution is 6.04. The largest absolute Gasteiger partial charge is 0.489 e. The summed E-state index contributed by atoms with van der Waals surface area (Å²) in [6, 6.07) is 35.7. The summed E-state index contributed by atoms with van der Waals surface area (Å²) in [5, 5.41) is 8.71. The number of nitrogens with one attached hydrogen (secondary N) is 1. The Kier molecular flexibility index (Phi) is 7.45. The maximum absolute atomic E-state index is 8.71. The van der Waals surface area contributed by atoms with Gasteiger partial charge < -0.3 is 19.3 Å². The Balaban J connectivity index is 1.36. The van der Waals surface area contributed by atoms with Crippen molar-refractivity contribution in [2.75, 3.05) is 23.9 Å². The van der Waals surface area contributed by atoms with Crippen LogP contribution in [-0.4, -0.2) is 20.1 Å². The van der Waals surface area contributed by atoms with Gasteiger partial charge in [-0.1, -0.05) is 66.7 Å². The quantitative estimate of drug-likeness (QED) is 0.250. The van der Waals surface area contributed by atoms with Crippen LogP contribution in [-0.2, 0) is 13.2 Å². The fraction of sp³-hybridized carbons (Fsp3) is 0.138. The summed E-state index contributed by atoms with van der Waals surface area (Å²) >= 11 is 0. The van der Waals surface area contributed by atoms with E-state index >= 15 is 0 Å². The molecule has 4 rings (SSSR count). The number of hydrogen-bond donors (Lipinski definition) is 1. The summed E-state index contributed by atoms with van der Waals surface area (Å²) in [7, 11) is 3.76. The third-order valence-corrected chi connectivity index (χ3v) is 5.56. The van der Waals surface area contributed by atoms with Crippen LogP contribution in [0.1, 0.15) is 11.1 Å². The molecular weight excluding hydrogens is 422 g/mol. The van der Waals surface area contributed by atoms with Gasteiger partial charge in [0.25, 0.3) is 0 Å². The lowest BCUT2D eigenvalue weighted by Gasteiger charge is -2.28. The highest BCUT2D eigenvalue weighted by Crippen LogP contribution is 2.24. The molecule has 0 saturated heterocycles. The molecule has 5 nitrogen and oxygen atoms in total. The summed E-state index contributed by atoms with van der Waals surface area (Å²) in [4.78, 5) is 3.66. The van der Waals surface area contributed by atoms with Crippen LogP contribution in [0.3, 0.4) is 0 Å². The molecule has 0 heterocycles. The molecule has 0 saturated carbocycles. The van der Waals surface area contributed by atoms with E-state index in [-0.39, 0.29) is 0 Å². The fourth-order valence-corrected chi connectivity index (χ4v) is 3.50. The van der Waals surface area contributed by atoms with Crippen LogP contribution in [0.25, 0.3) is 0 Å². The van der Waals surface area contributed by atoms with Crippen LogP contribution in [0.2, 0.25) is 0 Å². The van der Waals surface area contributed by atoms with Crippen LogP contribution in [0.5, 0.6) is 11.5 Å². The first-order valence-corrected chi connectivity index (χ1v) is 11.2. The lowest BCUT2D eigenvalue weighted by molar-refractivity contribution is 0.306. The maximum atomic E-state index is 8.71. The minimum absolute atomic E-state index is 0.346. The SMILES string of the molecule is CN(C(=N)N(C)c1cccc(OCc2ccccc2)c1)c1ccc(OCc2ccccc2)cc1. The van der Waals surface area contributed by atoms with Gasteiger partial charge in [-0.2, -0.15) is 0 Å². The van der Waals surface area contributed by atoms with Crippen molar-refractivity contribution in [3.8, 4) is 11.5 Å². The zero-order valence-electron chi connectivity index (χ0n) is 19.5. The molecule has 0 aliphatic carbocycles. The second-order valence-electron chi connectivity index (χ2n) is 7.98. The standard InChI is InChI=1S/C29H29N3O2/c1-31(25-16-18-27(19-17-25)33-21-23-10-5-3-6-11-23)29(30)32(2)26-14-9-15-28(20-26)34-22-24-12-7-4-8-13-24/h3-20,30H,21-22H2,1-2H3. The van der Waals surface area contributed by atoms with E-state index in [0.717, 1.165) is 34.0 Å². The highest BCUT2D eigenvalue weighted by atomic mass is 16.5. The number of rotatable bonds is 8. The van der Waals surface area contributed by atoms with Crippen molar-refractivity contribution in [3.05, 3.63) is 120 Å². The van der Waals surface area contributed by atoms with Gasteiger partial charge in [-0.3, -0.25) is 5.41 Å². The first-order valence-electron chi connectivity index (χ1n) is 11.2. The molecule has 0 spiro atoms. The van der Waals surface area contributed by atoms with Crippen molar-refractivity contribution in [3.63, 3.8) is 0 Å². The van der Waals surface area contributed by atoms with Gasteiger partial charge in [0, 0.05) is 31.5 Å². The van der Waals surface area contributed by atoms with Gasteiger partial charge >= 0.3 is 0 Å². The number of nitrogens with zero attached hydrogens (tertiary/aromatic N) is 2. The first-order chi connectivity index (χ1) is 16.6. The number of benzene rings is 4. The normalized spacial score (nSPS) is 10.4. The van der Waals surface area contributed by atoms with Gasteiger partial charge in [0.1, 0.15) is 24.7 Å². The Morgan fingerprint density at radius 1 is 0.588 bits per heavy atom. The molecule has 0 unspecified atom stereocenters. The van der Waals surface area contributed by atoms with E-state index in [1.165, 1.54) is 0 Å². The highest BCUT2D eigenvalue weighted by Gasteiger charge is 2.14. The third kappa shape index (κ3) is 5.95. The zero-order chi connectivity index (χ0) is 23.8. The van der Waals surface area contributed by atoms with E-state index in [4.69, 9.17) is 14.9 Å². The molecule has 0 radical (unpaired) electrons. The Morgan fingerprint density at radius 3 is 1.71 bits per heavy atom. The molecule has 4 aromatic rings. The van der Waals surface area contributed by atoms with Gasteiger partial charge in [-0.05, 0) is 47.5 Å². The van der Waals surface area contributed by atoms with E-state index < -0.39 is 0 Å². The smallest absolute Gasteiger partial charge is 0.202 e.